The average molecular weight is 276 g/mol. The number of unbranched alkanes of at least 4 members (excludes halogenated alkanes) is 2. The van der Waals surface area contributed by atoms with Gasteiger partial charge >= 0.3 is 0 Å². The molecule has 2 aromatic heterocycles. The summed E-state index contributed by atoms with van der Waals surface area (Å²) in [6.45, 7) is 3.52. The third-order valence-corrected chi connectivity index (χ3v) is 3.12. The van der Waals surface area contributed by atoms with Crippen molar-refractivity contribution in [2.45, 2.75) is 32.2 Å². The largest absolute Gasteiger partial charge is 0.414 e. The summed E-state index contributed by atoms with van der Waals surface area (Å²) in [5, 5.41) is 0. The first-order valence-electron chi connectivity index (χ1n) is 7.40. The van der Waals surface area contributed by atoms with Crippen LogP contribution in [-0.2, 0) is 11.3 Å². The molecule has 0 aliphatic rings. The molecule has 0 N–H and O–H groups in total. The number of ether oxygens (including phenoxy) is 1. The molecule has 0 radical (unpaired) electrons. The third kappa shape index (κ3) is 5.97. The summed E-state index contributed by atoms with van der Waals surface area (Å²) in [6, 6.07) is 8.03. The standard InChI is InChI=1S/C16H24N2O2/c1-2-10-17(9-1)11-5-6-14-19-15-7-8-16-20-18-12-3-4-13-18/h1-4,9-10,12-13H,5-8,11,14-16H2. The van der Waals surface area contributed by atoms with E-state index in [0.29, 0.717) is 0 Å². The van der Waals surface area contributed by atoms with Crippen LogP contribution >= 0.6 is 0 Å². The minimum absolute atomic E-state index is 0.742. The lowest BCUT2D eigenvalue weighted by Gasteiger charge is -2.07. The smallest absolute Gasteiger partial charge is 0.115 e. The topological polar surface area (TPSA) is 28.3 Å². The molecule has 0 saturated heterocycles. The van der Waals surface area contributed by atoms with Gasteiger partial charge in [0.1, 0.15) is 6.61 Å². The van der Waals surface area contributed by atoms with E-state index in [-0.39, 0.29) is 0 Å². The molecule has 0 amide bonds. The SMILES string of the molecule is c1ccn(CCCCOCCCCOn2cccc2)c1. The van der Waals surface area contributed by atoms with Crippen LogP contribution in [0.4, 0.5) is 0 Å². The van der Waals surface area contributed by atoms with Crippen molar-refractivity contribution in [3.05, 3.63) is 49.1 Å². The van der Waals surface area contributed by atoms with Gasteiger partial charge in [-0.2, -0.15) is 4.73 Å². The van der Waals surface area contributed by atoms with Gasteiger partial charge in [-0.15, -0.1) is 0 Å². The predicted octanol–water partition coefficient (Wildman–Crippen LogP) is 3.00. The van der Waals surface area contributed by atoms with Gasteiger partial charge in [0, 0.05) is 44.5 Å². The molecule has 0 fully saturated rings. The van der Waals surface area contributed by atoms with Crippen molar-refractivity contribution in [3.63, 3.8) is 0 Å². The van der Waals surface area contributed by atoms with E-state index in [0.717, 1.165) is 45.6 Å². The summed E-state index contributed by atoms with van der Waals surface area (Å²) < 4.78 is 9.56. The summed E-state index contributed by atoms with van der Waals surface area (Å²) in [4.78, 5) is 5.49. The summed E-state index contributed by atoms with van der Waals surface area (Å²) in [7, 11) is 0. The Hall–Kier alpha value is -1.68. The van der Waals surface area contributed by atoms with Gasteiger partial charge in [0.15, 0.2) is 0 Å². The molecule has 0 bridgehead atoms. The number of hydrogen-bond donors (Lipinski definition) is 0. The lowest BCUT2D eigenvalue weighted by atomic mass is 10.3. The lowest BCUT2D eigenvalue weighted by molar-refractivity contribution is 0.0894. The molecule has 0 aromatic carbocycles. The fraction of sp³-hybridized carbons (Fsp3) is 0.500. The van der Waals surface area contributed by atoms with E-state index >= 15 is 0 Å². The van der Waals surface area contributed by atoms with E-state index in [4.69, 9.17) is 9.57 Å². The number of rotatable bonds is 11. The van der Waals surface area contributed by atoms with E-state index in [1.165, 1.54) is 6.42 Å². The second-order valence-corrected chi connectivity index (χ2v) is 4.82. The van der Waals surface area contributed by atoms with E-state index in [1.54, 1.807) is 4.73 Å². The highest BCUT2D eigenvalue weighted by Crippen LogP contribution is 1.98. The Morgan fingerprint density at radius 2 is 1.25 bits per heavy atom. The maximum atomic E-state index is 5.62. The number of aryl methyl sites for hydroxylation is 1. The highest BCUT2D eigenvalue weighted by Gasteiger charge is 1.94. The van der Waals surface area contributed by atoms with Crippen LogP contribution in [-0.4, -0.2) is 29.1 Å². The Kier molecular flexibility index (Phi) is 6.82. The molecule has 110 valence electrons. The van der Waals surface area contributed by atoms with Crippen molar-refractivity contribution in [3.8, 4) is 0 Å². The molecule has 4 heteroatoms. The van der Waals surface area contributed by atoms with Gasteiger partial charge in [0.05, 0.1) is 0 Å². The monoisotopic (exact) mass is 276 g/mol. The Bertz CT molecular complexity index is 381. The summed E-state index contributed by atoms with van der Waals surface area (Å²) in [5.74, 6) is 0. The first-order chi connectivity index (χ1) is 9.95. The zero-order valence-corrected chi connectivity index (χ0v) is 12.0. The normalized spacial score (nSPS) is 10.8. The Labute approximate surface area is 120 Å². The number of aromatic nitrogens is 2. The Balaban J connectivity index is 1.33. The van der Waals surface area contributed by atoms with Crippen LogP contribution in [0, 0.1) is 0 Å². The van der Waals surface area contributed by atoms with Crippen LogP contribution in [0.15, 0.2) is 49.1 Å². The van der Waals surface area contributed by atoms with Crippen LogP contribution in [0.2, 0.25) is 0 Å². The fourth-order valence-electron chi connectivity index (χ4n) is 2.00. The lowest BCUT2D eigenvalue weighted by Crippen LogP contribution is -2.11. The van der Waals surface area contributed by atoms with Crippen LogP contribution in [0.5, 0.6) is 0 Å². The summed E-state index contributed by atoms with van der Waals surface area (Å²) >= 11 is 0. The maximum Gasteiger partial charge on any atom is 0.115 e. The minimum atomic E-state index is 0.742. The van der Waals surface area contributed by atoms with Gasteiger partial charge in [0.25, 0.3) is 0 Å². The second-order valence-electron chi connectivity index (χ2n) is 4.82. The fourth-order valence-corrected chi connectivity index (χ4v) is 2.00. The molecular formula is C16H24N2O2. The molecular weight excluding hydrogens is 252 g/mol. The van der Waals surface area contributed by atoms with Gasteiger partial charge in [-0.1, -0.05) is 0 Å². The molecule has 2 aromatic rings. The zero-order chi connectivity index (χ0) is 13.9. The predicted molar refractivity (Wildman–Crippen MR) is 79.6 cm³/mol. The van der Waals surface area contributed by atoms with Crippen LogP contribution in [0.25, 0.3) is 0 Å². The van der Waals surface area contributed by atoms with Crippen molar-refractivity contribution in [2.75, 3.05) is 19.8 Å². The second kappa shape index (κ2) is 9.26. The van der Waals surface area contributed by atoms with E-state index in [9.17, 15) is 0 Å². The van der Waals surface area contributed by atoms with E-state index in [2.05, 4.69) is 29.1 Å². The van der Waals surface area contributed by atoms with Crippen molar-refractivity contribution >= 4 is 0 Å². The van der Waals surface area contributed by atoms with Crippen molar-refractivity contribution in [2.24, 2.45) is 0 Å². The molecule has 0 atom stereocenters. The number of nitrogens with zero attached hydrogens (tertiary/aromatic N) is 2. The molecule has 0 saturated carbocycles. The van der Waals surface area contributed by atoms with E-state index < -0.39 is 0 Å². The molecule has 0 spiro atoms. The number of hydrogen-bond acceptors (Lipinski definition) is 2. The molecule has 2 heterocycles. The first-order valence-corrected chi connectivity index (χ1v) is 7.40. The molecule has 0 aliphatic heterocycles. The molecule has 4 nitrogen and oxygen atoms in total. The molecule has 2 rings (SSSR count). The summed E-state index contributed by atoms with van der Waals surface area (Å²) in [5.41, 5.74) is 0. The highest BCUT2D eigenvalue weighted by molar-refractivity contribution is 4.90. The van der Waals surface area contributed by atoms with Gasteiger partial charge in [-0.3, -0.25) is 0 Å². The first kappa shape index (κ1) is 14.7. The average Bonchev–Trinajstić information content (AvgIpc) is 3.14. The van der Waals surface area contributed by atoms with Crippen LogP contribution in [0.1, 0.15) is 25.7 Å². The van der Waals surface area contributed by atoms with Gasteiger partial charge in [0.2, 0.25) is 0 Å². The van der Waals surface area contributed by atoms with Gasteiger partial charge < -0.3 is 14.1 Å². The van der Waals surface area contributed by atoms with Crippen LogP contribution < -0.4 is 4.84 Å². The van der Waals surface area contributed by atoms with E-state index in [1.807, 2.05) is 24.5 Å². The molecule has 20 heavy (non-hydrogen) atoms. The zero-order valence-electron chi connectivity index (χ0n) is 12.0. The Morgan fingerprint density at radius 3 is 2.00 bits per heavy atom. The van der Waals surface area contributed by atoms with Crippen LogP contribution in [0.3, 0.4) is 0 Å². The quantitative estimate of drug-likeness (QED) is 0.590. The van der Waals surface area contributed by atoms with Gasteiger partial charge in [-0.25, -0.2) is 0 Å². The summed E-state index contributed by atoms with van der Waals surface area (Å²) in [6.07, 6.45) is 12.4. The van der Waals surface area contributed by atoms with Crippen molar-refractivity contribution < 1.29 is 9.57 Å². The van der Waals surface area contributed by atoms with Crippen molar-refractivity contribution in [1.29, 1.82) is 0 Å². The molecule has 0 aliphatic carbocycles. The van der Waals surface area contributed by atoms with Crippen molar-refractivity contribution in [1.82, 2.24) is 9.30 Å². The minimum Gasteiger partial charge on any atom is -0.414 e. The maximum absolute atomic E-state index is 5.62. The molecule has 0 unspecified atom stereocenters. The highest BCUT2D eigenvalue weighted by atomic mass is 16.7. The third-order valence-electron chi connectivity index (χ3n) is 3.12. The Morgan fingerprint density at radius 1 is 0.650 bits per heavy atom. The van der Waals surface area contributed by atoms with Gasteiger partial charge in [-0.05, 0) is 49.9 Å².